The normalized spacial score (nSPS) is 10.2. The Morgan fingerprint density at radius 3 is 3.10 bits per heavy atom. The standard InChI is InChI=1S/C7H11ClN2/c1-2-10-7(3-5-8)4-6-9-10/h4,6H,2-3,5H2,1H3. The van der Waals surface area contributed by atoms with Crippen molar-refractivity contribution in [3.8, 4) is 0 Å². The van der Waals surface area contributed by atoms with Crippen molar-refractivity contribution in [3.63, 3.8) is 0 Å². The van der Waals surface area contributed by atoms with E-state index in [9.17, 15) is 0 Å². The summed E-state index contributed by atoms with van der Waals surface area (Å²) >= 11 is 5.58. The minimum absolute atomic E-state index is 0.672. The molecule has 1 rings (SSSR count). The van der Waals surface area contributed by atoms with E-state index in [-0.39, 0.29) is 0 Å². The fraction of sp³-hybridized carbons (Fsp3) is 0.571. The van der Waals surface area contributed by atoms with Gasteiger partial charge in [0.1, 0.15) is 0 Å². The van der Waals surface area contributed by atoms with Crippen molar-refractivity contribution in [3.05, 3.63) is 18.0 Å². The van der Waals surface area contributed by atoms with Gasteiger partial charge in [0.25, 0.3) is 0 Å². The molecule has 0 spiro atoms. The number of rotatable bonds is 3. The Kier molecular flexibility index (Phi) is 2.75. The molecule has 2 nitrogen and oxygen atoms in total. The van der Waals surface area contributed by atoms with Gasteiger partial charge in [-0.25, -0.2) is 0 Å². The predicted octanol–water partition coefficient (Wildman–Crippen LogP) is 1.68. The number of hydrogen-bond acceptors (Lipinski definition) is 1. The van der Waals surface area contributed by atoms with Gasteiger partial charge < -0.3 is 0 Å². The molecule has 1 heterocycles. The van der Waals surface area contributed by atoms with E-state index in [2.05, 4.69) is 12.0 Å². The Morgan fingerprint density at radius 2 is 2.50 bits per heavy atom. The molecule has 56 valence electrons. The second-order valence-electron chi connectivity index (χ2n) is 2.08. The Balaban J connectivity index is 2.70. The molecular formula is C7H11ClN2. The van der Waals surface area contributed by atoms with E-state index in [0.29, 0.717) is 5.88 Å². The second kappa shape index (κ2) is 3.62. The lowest BCUT2D eigenvalue weighted by Gasteiger charge is -2.00. The largest absolute Gasteiger partial charge is 0.270 e. The molecule has 3 heteroatoms. The van der Waals surface area contributed by atoms with Crippen molar-refractivity contribution in [2.24, 2.45) is 0 Å². The molecule has 1 aromatic rings. The summed E-state index contributed by atoms with van der Waals surface area (Å²) in [6.07, 6.45) is 2.72. The zero-order valence-corrected chi connectivity index (χ0v) is 6.80. The summed E-state index contributed by atoms with van der Waals surface area (Å²) in [5, 5.41) is 4.11. The van der Waals surface area contributed by atoms with Crippen LogP contribution >= 0.6 is 11.6 Å². The molecule has 0 saturated heterocycles. The van der Waals surface area contributed by atoms with Gasteiger partial charge in [-0.2, -0.15) is 5.10 Å². The summed E-state index contributed by atoms with van der Waals surface area (Å²) in [6.45, 7) is 3.00. The molecule has 0 fully saturated rings. The van der Waals surface area contributed by atoms with Crippen LogP contribution in [-0.2, 0) is 13.0 Å². The van der Waals surface area contributed by atoms with Crippen molar-refractivity contribution in [1.82, 2.24) is 9.78 Å². The Hall–Kier alpha value is -0.500. The number of aryl methyl sites for hydroxylation is 2. The lowest BCUT2D eigenvalue weighted by atomic mass is 10.3. The molecule has 0 bridgehead atoms. The average Bonchev–Trinajstić information content (AvgIpc) is 2.36. The van der Waals surface area contributed by atoms with Crippen molar-refractivity contribution in [2.45, 2.75) is 19.9 Å². The Bertz CT molecular complexity index is 195. The maximum Gasteiger partial charge on any atom is 0.0492 e. The van der Waals surface area contributed by atoms with Crippen LogP contribution in [0.5, 0.6) is 0 Å². The van der Waals surface area contributed by atoms with Gasteiger partial charge in [0.2, 0.25) is 0 Å². The molecule has 0 atom stereocenters. The predicted molar refractivity (Wildman–Crippen MR) is 42.3 cm³/mol. The topological polar surface area (TPSA) is 17.8 Å². The van der Waals surface area contributed by atoms with Crippen LogP contribution in [-0.4, -0.2) is 15.7 Å². The van der Waals surface area contributed by atoms with E-state index in [1.165, 1.54) is 5.69 Å². The van der Waals surface area contributed by atoms with Gasteiger partial charge >= 0.3 is 0 Å². The van der Waals surface area contributed by atoms with Crippen molar-refractivity contribution in [2.75, 3.05) is 5.88 Å². The molecule has 0 amide bonds. The summed E-state index contributed by atoms with van der Waals surface area (Å²) in [5.41, 5.74) is 1.22. The van der Waals surface area contributed by atoms with Crippen LogP contribution in [0.3, 0.4) is 0 Å². The van der Waals surface area contributed by atoms with Crippen LogP contribution in [0, 0.1) is 0 Å². The quantitative estimate of drug-likeness (QED) is 0.613. The van der Waals surface area contributed by atoms with E-state index in [0.717, 1.165) is 13.0 Å². The zero-order valence-electron chi connectivity index (χ0n) is 6.05. The molecule has 1 aromatic heterocycles. The van der Waals surface area contributed by atoms with E-state index in [1.54, 1.807) is 0 Å². The maximum atomic E-state index is 5.58. The number of halogens is 1. The summed E-state index contributed by atoms with van der Waals surface area (Å²) in [6, 6.07) is 2.01. The highest BCUT2D eigenvalue weighted by Crippen LogP contribution is 2.00. The highest BCUT2D eigenvalue weighted by atomic mass is 35.5. The maximum absolute atomic E-state index is 5.58. The van der Waals surface area contributed by atoms with Crippen molar-refractivity contribution >= 4 is 11.6 Å². The highest BCUT2D eigenvalue weighted by Gasteiger charge is 1.97. The van der Waals surface area contributed by atoms with Gasteiger partial charge in [0.05, 0.1) is 0 Å². The van der Waals surface area contributed by atoms with Crippen molar-refractivity contribution in [1.29, 1.82) is 0 Å². The monoisotopic (exact) mass is 158 g/mol. The molecule has 0 unspecified atom stereocenters. The second-order valence-corrected chi connectivity index (χ2v) is 2.46. The fourth-order valence-electron chi connectivity index (χ4n) is 0.954. The van der Waals surface area contributed by atoms with E-state index < -0.39 is 0 Å². The third kappa shape index (κ3) is 1.51. The molecule has 0 aliphatic heterocycles. The lowest BCUT2D eigenvalue weighted by molar-refractivity contribution is 0.627. The molecule has 0 N–H and O–H groups in total. The zero-order chi connectivity index (χ0) is 7.40. The molecule has 0 radical (unpaired) electrons. The first-order valence-corrected chi connectivity index (χ1v) is 3.98. The number of aromatic nitrogens is 2. The summed E-state index contributed by atoms with van der Waals surface area (Å²) < 4.78 is 1.96. The molecular weight excluding hydrogens is 148 g/mol. The molecule has 0 aromatic carbocycles. The first-order chi connectivity index (χ1) is 4.88. The van der Waals surface area contributed by atoms with Crippen molar-refractivity contribution < 1.29 is 0 Å². The van der Waals surface area contributed by atoms with E-state index in [1.807, 2.05) is 16.9 Å². The first kappa shape index (κ1) is 7.61. The smallest absolute Gasteiger partial charge is 0.0492 e. The minimum atomic E-state index is 0.672. The SMILES string of the molecule is CCn1nccc1CCCl. The van der Waals surface area contributed by atoms with E-state index in [4.69, 9.17) is 11.6 Å². The lowest BCUT2D eigenvalue weighted by Crippen LogP contribution is -2.02. The van der Waals surface area contributed by atoms with Gasteiger partial charge in [0.15, 0.2) is 0 Å². The van der Waals surface area contributed by atoms with Crippen LogP contribution in [0.15, 0.2) is 12.3 Å². The Morgan fingerprint density at radius 1 is 1.70 bits per heavy atom. The summed E-state index contributed by atoms with van der Waals surface area (Å²) in [5.74, 6) is 0.672. The highest BCUT2D eigenvalue weighted by molar-refractivity contribution is 6.17. The number of hydrogen-bond donors (Lipinski definition) is 0. The van der Waals surface area contributed by atoms with Crippen LogP contribution in [0.25, 0.3) is 0 Å². The van der Waals surface area contributed by atoms with Gasteiger partial charge in [-0.1, -0.05) is 0 Å². The van der Waals surface area contributed by atoms with Crippen LogP contribution < -0.4 is 0 Å². The van der Waals surface area contributed by atoms with Crippen LogP contribution in [0.1, 0.15) is 12.6 Å². The number of nitrogens with zero attached hydrogens (tertiary/aromatic N) is 2. The van der Waals surface area contributed by atoms with Gasteiger partial charge in [0, 0.05) is 30.7 Å². The molecule has 0 aliphatic rings. The van der Waals surface area contributed by atoms with E-state index >= 15 is 0 Å². The van der Waals surface area contributed by atoms with Gasteiger partial charge in [-0.15, -0.1) is 11.6 Å². The van der Waals surface area contributed by atoms with Gasteiger partial charge in [-0.05, 0) is 13.0 Å². The molecule has 0 aliphatic carbocycles. The third-order valence-electron chi connectivity index (χ3n) is 1.45. The first-order valence-electron chi connectivity index (χ1n) is 3.45. The summed E-state index contributed by atoms with van der Waals surface area (Å²) in [4.78, 5) is 0. The molecule has 0 saturated carbocycles. The van der Waals surface area contributed by atoms with Crippen LogP contribution in [0.4, 0.5) is 0 Å². The summed E-state index contributed by atoms with van der Waals surface area (Å²) in [7, 11) is 0. The third-order valence-corrected chi connectivity index (χ3v) is 1.64. The van der Waals surface area contributed by atoms with Gasteiger partial charge in [-0.3, -0.25) is 4.68 Å². The number of alkyl halides is 1. The van der Waals surface area contributed by atoms with Crippen LogP contribution in [0.2, 0.25) is 0 Å². The fourth-order valence-corrected chi connectivity index (χ4v) is 1.15. The Labute approximate surface area is 65.8 Å². The average molecular weight is 159 g/mol. The molecule has 10 heavy (non-hydrogen) atoms. The minimum Gasteiger partial charge on any atom is -0.270 e.